The zero-order chi connectivity index (χ0) is 20.5. The number of hydrogen-bond donors (Lipinski definition) is 0. The Hall–Kier alpha value is -3.05. The molecule has 4 nitrogen and oxygen atoms in total. The molecule has 0 N–H and O–H groups in total. The Labute approximate surface area is 174 Å². The molecule has 2 aromatic heterocycles. The Kier molecular flexibility index (Phi) is 5.16. The molecule has 5 heteroatoms. The van der Waals surface area contributed by atoms with Gasteiger partial charge in [0.15, 0.2) is 5.13 Å². The van der Waals surface area contributed by atoms with Crippen molar-refractivity contribution < 1.29 is 4.79 Å². The fraction of sp³-hybridized carbons (Fsp3) is 0.208. The molecule has 2 aromatic carbocycles. The predicted molar refractivity (Wildman–Crippen MR) is 120 cm³/mol. The molecular formula is C24H23N3OS. The fourth-order valence-corrected chi connectivity index (χ4v) is 4.46. The minimum Gasteiger partial charge on any atom is -0.278 e. The topological polar surface area (TPSA) is 46.1 Å². The molecule has 4 aromatic rings. The van der Waals surface area contributed by atoms with Crippen molar-refractivity contribution in [1.82, 2.24) is 9.97 Å². The van der Waals surface area contributed by atoms with Gasteiger partial charge in [-0.05, 0) is 62.6 Å². The highest BCUT2D eigenvalue weighted by atomic mass is 32.1. The lowest BCUT2D eigenvalue weighted by Gasteiger charge is -2.21. The number of anilines is 1. The molecule has 0 radical (unpaired) electrons. The van der Waals surface area contributed by atoms with E-state index in [1.54, 1.807) is 22.4 Å². The summed E-state index contributed by atoms with van der Waals surface area (Å²) in [5.41, 5.74) is 6.81. The van der Waals surface area contributed by atoms with E-state index in [1.807, 2.05) is 50.2 Å². The van der Waals surface area contributed by atoms with Crippen LogP contribution in [0.2, 0.25) is 0 Å². The lowest BCUT2D eigenvalue weighted by atomic mass is 10.0. The van der Waals surface area contributed by atoms with Gasteiger partial charge in [0.1, 0.15) is 0 Å². The Morgan fingerprint density at radius 3 is 2.45 bits per heavy atom. The van der Waals surface area contributed by atoms with Gasteiger partial charge in [0, 0.05) is 11.8 Å². The molecule has 146 valence electrons. The zero-order valence-electron chi connectivity index (χ0n) is 17.1. The average molecular weight is 402 g/mol. The lowest BCUT2D eigenvalue weighted by Crippen LogP contribution is -2.31. The number of aryl methyl sites for hydroxylation is 4. The molecule has 29 heavy (non-hydrogen) atoms. The van der Waals surface area contributed by atoms with Gasteiger partial charge in [-0.3, -0.25) is 14.7 Å². The summed E-state index contributed by atoms with van der Waals surface area (Å²) in [7, 11) is 0. The Balaban J connectivity index is 1.84. The summed E-state index contributed by atoms with van der Waals surface area (Å²) >= 11 is 1.56. The van der Waals surface area contributed by atoms with Crippen molar-refractivity contribution in [3.05, 3.63) is 88.2 Å². The second-order valence-corrected chi connectivity index (χ2v) is 8.38. The van der Waals surface area contributed by atoms with E-state index >= 15 is 0 Å². The van der Waals surface area contributed by atoms with Crippen molar-refractivity contribution in [2.24, 2.45) is 0 Å². The molecular weight excluding hydrogens is 378 g/mol. The van der Waals surface area contributed by atoms with Gasteiger partial charge in [0.25, 0.3) is 5.91 Å². The van der Waals surface area contributed by atoms with Gasteiger partial charge in [-0.2, -0.15) is 0 Å². The molecule has 0 saturated carbocycles. The number of benzene rings is 2. The van der Waals surface area contributed by atoms with Crippen LogP contribution in [0.15, 0.2) is 54.7 Å². The van der Waals surface area contributed by atoms with Crippen LogP contribution in [-0.2, 0) is 6.54 Å². The number of thiazole rings is 1. The molecule has 1 amide bonds. The van der Waals surface area contributed by atoms with E-state index in [-0.39, 0.29) is 5.91 Å². The maximum atomic E-state index is 13.6. The third kappa shape index (κ3) is 3.78. The Morgan fingerprint density at radius 1 is 0.966 bits per heavy atom. The summed E-state index contributed by atoms with van der Waals surface area (Å²) in [6.45, 7) is 8.49. The molecule has 0 spiro atoms. The molecule has 4 rings (SSSR count). The van der Waals surface area contributed by atoms with Crippen LogP contribution in [0, 0.1) is 27.7 Å². The lowest BCUT2D eigenvalue weighted by molar-refractivity contribution is 0.0984. The van der Waals surface area contributed by atoms with Gasteiger partial charge in [-0.25, -0.2) is 4.98 Å². The molecule has 0 aliphatic heterocycles. The first-order valence-electron chi connectivity index (χ1n) is 9.60. The van der Waals surface area contributed by atoms with E-state index in [4.69, 9.17) is 4.98 Å². The first-order chi connectivity index (χ1) is 13.9. The molecule has 0 unspecified atom stereocenters. The summed E-state index contributed by atoms with van der Waals surface area (Å²) in [4.78, 5) is 24.7. The molecule has 0 atom stereocenters. The van der Waals surface area contributed by atoms with Crippen LogP contribution in [0.3, 0.4) is 0 Å². The number of carbonyl (C=O) groups is 1. The number of amides is 1. The van der Waals surface area contributed by atoms with Crippen molar-refractivity contribution in [3.63, 3.8) is 0 Å². The monoisotopic (exact) mass is 401 g/mol. The highest BCUT2D eigenvalue weighted by Crippen LogP contribution is 2.34. The standard InChI is InChI=1S/C24H23N3OS/c1-15-8-9-16(2)20(13-15)23(28)27(14-19-7-5-6-12-25-19)24-26-21-17(3)10-11-18(4)22(21)29-24/h5-13H,14H2,1-4H3. The number of rotatable bonds is 4. The molecule has 0 aliphatic carbocycles. The van der Waals surface area contributed by atoms with Crippen molar-refractivity contribution >= 4 is 32.6 Å². The van der Waals surface area contributed by atoms with Crippen LogP contribution in [-0.4, -0.2) is 15.9 Å². The van der Waals surface area contributed by atoms with Crippen LogP contribution in [0.1, 0.15) is 38.3 Å². The average Bonchev–Trinajstić information content (AvgIpc) is 3.18. The third-order valence-corrected chi connectivity index (χ3v) is 6.29. The van der Waals surface area contributed by atoms with E-state index in [9.17, 15) is 4.79 Å². The van der Waals surface area contributed by atoms with Gasteiger partial charge in [0.2, 0.25) is 0 Å². The Bertz CT molecular complexity index is 1160. The van der Waals surface area contributed by atoms with Crippen LogP contribution >= 0.6 is 11.3 Å². The summed E-state index contributed by atoms with van der Waals surface area (Å²) in [6.07, 6.45) is 1.75. The minimum atomic E-state index is -0.0498. The molecule has 0 saturated heterocycles. The number of nitrogens with zero attached hydrogens (tertiary/aromatic N) is 3. The SMILES string of the molecule is Cc1ccc(C)c(C(=O)N(Cc2ccccn2)c2nc3c(C)ccc(C)c3s2)c1. The van der Waals surface area contributed by atoms with E-state index < -0.39 is 0 Å². The zero-order valence-corrected chi connectivity index (χ0v) is 17.9. The van der Waals surface area contributed by atoms with Gasteiger partial charge >= 0.3 is 0 Å². The normalized spacial score (nSPS) is 11.0. The first-order valence-corrected chi connectivity index (χ1v) is 10.4. The van der Waals surface area contributed by atoms with Gasteiger partial charge in [-0.15, -0.1) is 0 Å². The van der Waals surface area contributed by atoms with Crippen molar-refractivity contribution in [2.75, 3.05) is 4.90 Å². The fourth-order valence-electron chi connectivity index (χ4n) is 3.36. The Morgan fingerprint density at radius 2 is 1.72 bits per heavy atom. The number of pyridine rings is 1. The van der Waals surface area contributed by atoms with Crippen LogP contribution < -0.4 is 4.90 Å². The van der Waals surface area contributed by atoms with Crippen LogP contribution in [0.25, 0.3) is 10.2 Å². The van der Waals surface area contributed by atoms with E-state index in [0.29, 0.717) is 17.2 Å². The number of carbonyl (C=O) groups excluding carboxylic acids is 1. The predicted octanol–water partition coefficient (Wildman–Crippen LogP) is 5.77. The highest BCUT2D eigenvalue weighted by Gasteiger charge is 2.24. The van der Waals surface area contributed by atoms with Gasteiger partial charge in [-0.1, -0.05) is 47.2 Å². The summed E-state index contributed by atoms with van der Waals surface area (Å²) in [6, 6.07) is 15.9. The van der Waals surface area contributed by atoms with Crippen LogP contribution in [0.4, 0.5) is 5.13 Å². The number of hydrogen-bond acceptors (Lipinski definition) is 4. The largest absolute Gasteiger partial charge is 0.278 e. The van der Waals surface area contributed by atoms with Crippen molar-refractivity contribution in [2.45, 2.75) is 34.2 Å². The number of aromatic nitrogens is 2. The van der Waals surface area contributed by atoms with E-state index in [1.165, 1.54) is 5.56 Å². The quantitative estimate of drug-likeness (QED) is 0.436. The maximum Gasteiger partial charge on any atom is 0.260 e. The summed E-state index contributed by atoms with van der Waals surface area (Å²) < 4.78 is 1.12. The molecule has 2 heterocycles. The third-order valence-electron chi connectivity index (χ3n) is 5.08. The van der Waals surface area contributed by atoms with Crippen LogP contribution in [0.5, 0.6) is 0 Å². The van der Waals surface area contributed by atoms with Crippen molar-refractivity contribution in [3.8, 4) is 0 Å². The second-order valence-electron chi connectivity index (χ2n) is 7.40. The van der Waals surface area contributed by atoms with Gasteiger partial charge < -0.3 is 0 Å². The van der Waals surface area contributed by atoms with E-state index in [0.717, 1.165) is 32.6 Å². The highest BCUT2D eigenvalue weighted by molar-refractivity contribution is 7.22. The van der Waals surface area contributed by atoms with Gasteiger partial charge in [0.05, 0.1) is 22.5 Å². The number of fused-ring (bicyclic) bond motifs is 1. The molecule has 0 fully saturated rings. The molecule has 0 aliphatic rings. The van der Waals surface area contributed by atoms with Crippen molar-refractivity contribution in [1.29, 1.82) is 0 Å². The smallest absolute Gasteiger partial charge is 0.260 e. The second kappa shape index (κ2) is 7.76. The summed E-state index contributed by atoms with van der Waals surface area (Å²) in [5.74, 6) is -0.0498. The van der Waals surface area contributed by atoms with E-state index in [2.05, 4.69) is 31.0 Å². The maximum absolute atomic E-state index is 13.6. The first kappa shape index (κ1) is 19.3. The summed E-state index contributed by atoms with van der Waals surface area (Å²) in [5, 5.41) is 0.703. The molecule has 0 bridgehead atoms. The minimum absolute atomic E-state index is 0.0498.